The Balaban J connectivity index is 1.84. The average molecular weight is 241 g/mol. The second-order valence-electron chi connectivity index (χ2n) is 5.84. The number of likely N-dealkylation sites (N-methyl/N-ethyl adjacent to an activating group) is 1. The Morgan fingerprint density at radius 1 is 1.35 bits per heavy atom. The number of hydrogen-bond acceptors (Lipinski definition) is 4. The Kier molecular flexibility index (Phi) is 4.79. The van der Waals surface area contributed by atoms with Gasteiger partial charge in [0.05, 0.1) is 6.61 Å². The summed E-state index contributed by atoms with van der Waals surface area (Å²) in [5.41, 5.74) is 6.19. The SMILES string of the molecule is CN(C)CC1CCCN1CC1COCCC1N. The maximum Gasteiger partial charge on any atom is 0.0521 e. The summed E-state index contributed by atoms with van der Waals surface area (Å²) in [6, 6.07) is 1.06. The van der Waals surface area contributed by atoms with Gasteiger partial charge in [0, 0.05) is 37.7 Å². The molecule has 3 atom stereocenters. The Morgan fingerprint density at radius 2 is 2.18 bits per heavy atom. The molecule has 2 saturated heterocycles. The molecule has 0 bridgehead atoms. The molecular formula is C13H27N3O. The molecule has 2 aliphatic rings. The first-order valence-corrected chi connectivity index (χ1v) is 6.89. The summed E-state index contributed by atoms with van der Waals surface area (Å²) in [6.45, 7) is 5.23. The highest BCUT2D eigenvalue weighted by Crippen LogP contribution is 2.22. The van der Waals surface area contributed by atoms with Crippen LogP contribution in [0.15, 0.2) is 0 Å². The quantitative estimate of drug-likeness (QED) is 0.772. The van der Waals surface area contributed by atoms with E-state index in [0.29, 0.717) is 12.0 Å². The van der Waals surface area contributed by atoms with Gasteiger partial charge in [0.1, 0.15) is 0 Å². The zero-order chi connectivity index (χ0) is 12.3. The van der Waals surface area contributed by atoms with E-state index in [9.17, 15) is 0 Å². The molecule has 2 aliphatic heterocycles. The van der Waals surface area contributed by atoms with Gasteiger partial charge in [0.15, 0.2) is 0 Å². The maximum absolute atomic E-state index is 6.19. The summed E-state index contributed by atoms with van der Waals surface area (Å²) >= 11 is 0. The van der Waals surface area contributed by atoms with Crippen LogP contribution in [0, 0.1) is 5.92 Å². The molecule has 0 amide bonds. The summed E-state index contributed by atoms with van der Waals surface area (Å²) in [7, 11) is 4.32. The van der Waals surface area contributed by atoms with Crippen LogP contribution in [0.25, 0.3) is 0 Å². The van der Waals surface area contributed by atoms with Crippen molar-refractivity contribution >= 4 is 0 Å². The normalized spacial score (nSPS) is 35.6. The first-order valence-electron chi connectivity index (χ1n) is 6.89. The summed E-state index contributed by atoms with van der Waals surface area (Å²) in [6.07, 6.45) is 3.69. The van der Waals surface area contributed by atoms with Crippen LogP contribution in [0.3, 0.4) is 0 Å². The summed E-state index contributed by atoms with van der Waals surface area (Å²) in [5.74, 6) is 0.534. The van der Waals surface area contributed by atoms with Gasteiger partial charge in [-0.15, -0.1) is 0 Å². The summed E-state index contributed by atoms with van der Waals surface area (Å²) in [5, 5.41) is 0. The molecule has 0 aliphatic carbocycles. The molecule has 100 valence electrons. The molecule has 2 N–H and O–H groups in total. The van der Waals surface area contributed by atoms with Gasteiger partial charge < -0.3 is 15.4 Å². The van der Waals surface area contributed by atoms with E-state index in [-0.39, 0.29) is 0 Å². The predicted octanol–water partition coefficient (Wildman–Crippen LogP) is 0.376. The number of nitrogens with two attached hydrogens (primary N) is 1. The van der Waals surface area contributed by atoms with Crippen molar-refractivity contribution < 1.29 is 4.74 Å². The van der Waals surface area contributed by atoms with E-state index in [4.69, 9.17) is 10.5 Å². The minimum absolute atomic E-state index is 0.337. The molecular weight excluding hydrogens is 214 g/mol. The Labute approximate surface area is 105 Å². The van der Waals surface area contributed by atoms with Crippen molar-refractivity contribution in [3.8, 4) is 0 Å². The molecule has 0 radical (unpaired) electrons. The monoisotopic (exact) mass is 241 g/mol. The first-order chi connectivity index (χ1) is 8.16. The molecule has 2 heterocycles. The van der Waals surface area contributed by atoms with Crippen LogP contribution >= 0.6 is 0 Å². The van der Waals surface area contributed by atoms with Crippen LogP contribution < -0.4 is 5.73 Å². The molecule has 0 aromatic carbocycles. The van der Waals surface area contributed by atoms with Crippen LogP contribution in [-0.2, 0) is 4.74 Å². The second kappa shape index (κ2) is 6.14. The molecule has 3 unspecified atom stereocenters. The zero-order valence-corrected chi connectivity index (χ0v) is 11.3. The number of nitrogens with zero attached hydrogens (tertiary/aromatic N) is 2. The van der Waals surface area contributed by atoms with Crippen molar-refractivity contribution in [2.45, 2.75) is 31.3 Å². The smallest absolute Gasteiger partial charge is 0.0521 e. The van der Waals surface area contributed by atoms with Gasteiger partial charge in [-0.05, 0) is 39.9 Å². The van der Waals surface area contributed by atoms with Crippen LogP contribution in [0.1, 0.15) is 19.3 Å². The third kappa shape index (κ3) is 3.65. The number of rotatable bonds is 4. The highest BCUT2D eigenvalue weighted by Gasteiger charge is 2.30. The van der Waals surface area contributed by atoms with Crippen molar-refractivity contribution in [1.82, 2.24) is 9.80 Å². The van der Waals surface area contributed by atoms with Crippen molar-refractivity contribution in [1.29, 1.82) is 0 Å². The fourth-order valence-corrected chi connectivity index (χ4v) is 3.07. The first kappa shape index (κ1) is 13.3. The third-order valence-electron chi connectivity index (χ3n) is 4.08. The predicted molar refractivity (Wildman–Crippen MR) is 70.1 cm³/mol. The fraction of sp³-hybridized carbons (Fsp3) is 1.00. The topological polar surface area (TPSA) is 41.7 Å². The Hall–Kier alpha value is -0.160. The van der Waals surface area contributed by atoms with E-state index in [1.807, 2.05) is 0 Å². The highest BCUT2D eigenvalue weighted by atomic mass is 16.5. The van der Waals surface area contributed by atoms with E-state index in [1.165, 1.54) is 25.9 Å². The van der Waals surface area contributed by atoms with Crippen molar-refractivity contribution in [3.05, 3.63) is 0 Å². The number of likely N-dealkylation sites (tertiary alicyclic amines) is 1. The molecule has 4 nitrogen and oxygen atoms in total. The van der Waals surface area contributed by atoms with Gasteiger partial charge >= 0.3 is 0 Å². The van der Waals surface area contributed by atoms with Crippen LogP contribution in [0.5, 0.6) is 0 Å². The van der Waals surface area contributed by atoms with Gasteiger partial charge in [-0.2, -0.15) is 0 Å². The molecule has 2 rings (SSSR count). The van der Waals surface area contributed by atoms with Crippen LogP contribution in [-0.4, -0.2) is 68.8 Å². The Morgan fingerprint density at radius 3 is 2.88 bits per heavy atom. The minimum Gasteiger partial charge on any atom is -0.381 e. The van der Waals surface area contributed by atoms with Gasteiger partial charge in [-0.3, -0.25) is 4.90 Å². The van der Waals surface area contributed by atoms with Gasteiger partial charge in [-0.1, -0.05) is 0 Å². The largest absolute Gasteiger partial charge is 0.381 e. The average Bonchev–Trinajstić information content (AvgIpc) is 2.68. The van der Waals surface area contributed by atoms with Gasteiger partial charge in [0.2, 0.25) is 0 Å². The zero-order valence-electron chi connectivity index (χ0n) is 11.3. The highest BCUT2D eigenvalue weighted by molar-refractivity contribution is 4.86. The van der Waals surface area contributed by atoms with Crippen molar-refractivity contribution in [3.63, 3.8) is 0 Å². The van der Waals surface area contributed by atoms with Crippen molar-refractivity contribution in [2.24, 2.45) is 11.7 Å². The van der Waals surface area contributed by atoms with E-state index in [2.05, 4.69) is 23.9 Å². The lowest BCUT2D eigenvalue weighted by molar-refractivity contribution is 0.0228. The molecule has 4 heteroatoms. The minimum atomic E-state index is 0.337. The number of ether oxygens (including phenoxy) is 1. The summed E-state index contributed by atoms with van der Waals surface area (Å²) < 4.78 is 5.56. The van der Waals surface area contributed by atoms with Gasteiger partial charge in [0.25, 0.3) is 0 Å². The summed E-state index contributed by atoms with van der Waals surface area (Å²) in [4.78, 5) is 4.92. The molecule has 0 aromatic heterocycles. The standard InChI is InChI=1S/C13H27N3O/c1-15(2)9-12-4-3-6-16(12)8-11-10-17-7-5-13(11)14/h11-13H,3-10,14H2,1-2H3. The molecule has 0 saturated carbocycles. The van der Waals surface area contributed by atoms with Crippen LogP contribution in [0.2, 0.25) is 0 Å². The molecule has 0 aromatic rings. The lowest BCUT2D eigenvalue weighted by Crippen LogP contribution is -2.47. The van der Waals surface area contributed by atoms with Gasteiger partial charge in [-0.25, -0.2) is 0 Å². The van der Waals surface area contributed by atoms with Crippen LogP contribution in [0.4, 0.5) is 0 Å². The van der Waals surface area contributed by atoms with E-state index in [1.54, 1.807) is 0 Å². The molecule has 17 heavy (non-hydrogen) atoms. The lowest BCUT2D eigenvalue weighted by atomic mass is 9.96. The second-order valence-corrected chi connectivity index (χ2v) is 5.84. The van der Waals surface area contributed by atoms with E-state index >= 15 is 0 Å². The maximum atomic E-state index is 6.19. The van der Waals surface area contributed by atoms with E-state index < -0.39 is 0 Å². The fourth-order valence-electron chi connectivity index (χ4n) is 3.07. The lowest BCUT2D eigenvalue weighted by Gasteiger charge is -2.35. The van der Waals surface area contributed by atoms with Crippen molar-refractivity contribution in [2.75, 3.05) is 46.9 Å². The third-order valence-corrected chi connectivity index (χ3v) is 4.08. The number of hydrogen-bond donors (Lipinski definition) is 1. The Bertz CT molecular complexity index is 235. The molecule has 0 spiro atoms. The molecule has 2 fully saturated rings. The van der Waals surface area contributed by atoms with E-state index in [0.717, 1.165) is 32.2 Å².